The molecule has 0 saturated carbocycles. The number of nitrogens with zero attached hydrogens (tertiary/aromatic N) is 1. The number of hydrogen-bond donors (Lipinski definition) is 1. The summed E-state index contributed by atoms with van der Waals surface area (Å²) in [5.74, 6) is 0.706. The molecule has 1 radical (unpaired) electrons. The van der Waals surface area contributed by atoms with Crippen molar-refractivity contribution < 1.29 is 4.79 Å². The first kappa shape index (κ1) is 10.8. The van der Waals surface area contributed by atoms with Gasteiger partial charge >= 0.3 is 0 Å². The van der Waals surface area contributed by atoms with Crippen LogP contribution in [0.2, 0.25) is 0 Å². The molecule has 1 fully saturated rings. The van der Waals surface area contributed by atoms with Gasteiger partial charge in [-0.25, -0.2) is 0 Å². The van der Waals surface area contributed by atoms with Gasteiger partial charge in [-0.3, -0.25) is 9.69 Å². The lowest BCUT2D eigenvalue weighted by molar-refractivity contribution is -0.119. The average molecular weight is 229 g/mol. The molecule has 3 heteroatoms. The van der Waals surface area contributed by atoms with E-state index in [1.807, 2.05) is 6.07 Å². The molecular formula is C14H17N2O. The molecular weight excluding hydrogens is 212 g/mol. The molecule has 1 N–H and O–H groups in total. The van der Waals surface area contributed by atoms with Crippen molar-refractivity contribution in [2.75, 3.05) is 19.6 Å². The summed E-state index contributed by atoms with van der Waals surface area (Å²) in [6.07, 6.45) is 1.82. The van der Waals surface area contributed by atoms with E-state index in [9.17, 15) is 4.79 Å². The standard InChI is InChI=1S/C14H17N2O/c17-14-7-11(8-15-14)9-16-6-5-12-3-1-2-4-13(12)10-16/h1,3-4,11H,5-10H2,(H,15,17). The molecule has 2 heterocycles. The molecule has 17 heavy (non-hydrogen) atoms. The van der Waals surface area contributed by atoms with Crippen molar-refractivity contribution >= 4 is 5.91 Å². The van der Waals surface area contributed by atoms with E-state index in [2.05, 4.69) is 28.4 Å². The molecule has 0 aromatic heterocycles. The van der Waals surface area contributed by atoms with Crippen LogP contribution in [0.1, 0.15) is 17.5 Å². The second-order valence-corrected chi connectivity index (χ2v) is 5.05. The van der Waals surface area contributed by atoms with Gasteiger partial charge in [0.05, 0.1) is 0 Å². The Morgan fingerprint density at radius 2 is 2.41 bits per heavy atom. The van der Waals surface area contributed by atoms with Gasteiger partial charge in [0.15, 0.2) is 0 Å². The number of benzene rings is 1. The summed E-state index contributed by atoms with van der Waals surface area (Å²) in [5.41, 5.74) is 2.86. The Hall–Kier alpha value is -1.35. The summed E-state index contributed by atoms with van der Waals surface area (Å²) in [5, 5.41) is 2.91. The van der Waals surface area contributed by atoms with Crippen molar-refractivity contribution in [1.82, 2.24) is 10.2 Å². The first-order valence-corrected chi connectivity index (χ1v) is 6.28. The van der Waals surface area contributed by atoms with E-state index in [1.54, 1.807) is 0 Å². The molecule has 2 aliphatic rings. The molecule has 1 aromatic carbocycles. The zero-order chi connectivity index (χ0) is 11.7. The van der Waals surface area contributed by atoms with Gasteiger partial charge < -0.3 is 5.32 Å². The van der Waals surface area contributed by atoms with E-state index < -0.39 is 0 Å². The molecule has 3 nitrogen and oxygen atoms in total. The number of carbonyl (C=O) groups is 1. The van der Waals surface area contributed by atoms with E-state index in [0.717, 1.165) is 32.6 Å². The number of hydrogen-bond acceptors (Lipinski definition) is 2. The van der Waals surface area contributed by atoms with Crippen molar-refractivity contribution in [1.29, 1.82) is 0 Å². The van der Waals surface area contributed by atoms with Gasteiger partial charge in [-0.15, -0.1) is 0 Å². The third kappa shape index (κ3) is 2.34. The summed E-state index contributed by atoms with van der Waals surface area (Å²) in [6, 6.07) is 9.41. The molecule has 2 aliphatic heterocycles. The second kappa shape index (κ2) is 4.49. The molecule has 1 saturated heterocycles. The monoisotopic (exact) mass is 229 g/mol. The molecule has 0 aliphatic carbocycles. The van der Waals surface area contributed by atoms with Crippen LogP contribution < -0.4 is 5.32 Å². The van der Waals surface area contributed by atoms with Crippen LogP contribution in [0.5, 0.6) is 0 Å². The Morgan fingerprint density at radius 3 is 3.24 bits per heavy atom. The Morgan fingerprint density at radius 1 is 1.47 bits per heavy atom. The lowest BCUT2D eigenvalue weighted by Gasteiger charge is -2.30. The van der Waals surface area contributed by atoms with Crippen molar-refractivity contribution in [2.24, 2.45) is 5.92 Å². The highest BCUT2D eigenvalue weighted by molar-refractivity contribution is 5.78. The fraction of sp³-hybridized carbons (Fsp3) is 0.500. The van der Waals surface area contributed by atoms with E-state index >= 15 is 0 Å². The smallest absolute Gasteiger partial charge is 0.220 e. The SMILES string of the molecule is O=C1CC(CN2CCc3cc[c]cc3C2)CN1. The van der Waals surface area contributed by atoms with Crippen LogP contribution in [0.4, 0.5) is 0 Å². The summed E-state index contributed by atoms with van der Waals surface area (Å²) < 4.78 is 0. The molecule has 0 bridgehead atoms. The maximum Gasteiger partial charge on any atom is 0.220 e. The van der Waals surface area contributed by atoms with Crippen LogP contribution in [-0.4, -0.2) is 30.4 Å². The summed E-state index contributed by atoms with van der Waals surface area (Å²) >= 11 is 0. The first-order valence-electron chi connectivity index (χ1n) is 6.28. The average Bonchev–Trinajstić information content (AvgIpc) is 2.75. The third-order valence-electron chi connectivity index (χ3n) is 3.72. The number of amides is 1. The molecule has 3 rings (SSSR count). The fourth-order valence-electron chi connectivity index (χ4n) is 2.80. The second-order valence-electron chi connectivity index (χ2n) is 5.05. The minimum atomic E-state index is 0.209. The minimum absolute atomic E-state index is 0.209. The molecule has 1 amide bonds. The van der Waals surface area contributed by atoms with Crippen molar-refractivity contribution in [3.63, 3.8) is 0 Å². The fourth-order valence-corrected chi connectivity index (χ4v) is 2.80. The van der Waals surface area contributed by atoms with Crippen LogP contribution in [0.25, 0.3) is 0 Å². The van der Waals surface area contributed by atoms with Crippen molar-refractivity contribution in [3.05, 3.63) is 35.4 Å². The van der Waals surface area contributed by atoms with Gasteiger partial charge in [-0.1, -0.05) is 12.1 Å². The van der Waals surface area contributed by atoms with E-state index in [1.165, 1.54) is 11.1 Å². The zero-order valence-electron chi connectivity index (χ0n) is 9.91. The number of carbonyl (C=O) groups excluding carboxylic acids is 1. The van der Waals surface area contributed by atoms with Crippen LogP contribution in [0.15, 0.2) is 18.2 Å². The Balaban J connectivity index is 1.62. The highest BCUT2D eigenvalue weighted by Crippen LogP contribution is 2.20. The van der Waals surface area contributed by atoms with Gasteiger partial charge in [0, 0.05) is 32.6 Å². The topological polar surface area (TPSA) is 32.3 Å². The van der Waals surface area contributed by atoms with Gasteiger partial charge in [0.25, 0.3) is 0 Å². The lowest BCUT2D eigenvalue weighted by Crippen LogP contribution is -2.35. The van der Waals surface area contributed by atoms with Crippen molar-refractivity contribution in [2.45, 2.75) is 19.4 Å². The van der Waals surface area contributed by atoms with E-state index in [4.69, 9.17) is 0 Å². The van der Waals surface area contributed by atoms with Crippen molar-refractivity contribution in [3.8, 4) is 0 Å². The van der Waals surface area contributed by atoms with Gasteiger partial charge in [-0.2, -0.15) is 0 Å². The van der Waals surface area contributed by atoms with Gasteiger partial charge in [0.2, 0.25) is 5.91 Å². The Kier molecular flexibility index (Phi) is 2.85. The highest BCUT2D eigenvalue weighted by atomic mass is 16.1. The van der Waals surface area contributed by atoms with Crippen LogP contribution in [-0.2, 0) is 17.8 Å². The van der Waals surface area contributed by atoms with Gasteiger partial charge in [-0.05, 0) is 35.6 Å². The predicted molar refractivity (Wildman–Crippen MR) is 65.4 cm³/mol. The third-order valence-corrected chi connectivity index (χ3v) is 3.72. The zero-order valence-corrected chi connectivity index (χ0v) is 9.91. The summed E-state index contributed by atoms with van der Waals surface area (Å²) in [7, 11) is 0. The largest absolute Gasteiger partial charge is 0.356 e. The molecule has 1 aromatic rings. The van der Waals surface area contributed by atoms with E-state index in [-0.39, 0.29) is 5.91 Å². The van der Waals surface area contributed by atoms with Gasteiger partial charge in [0.1, 0.15) is 0 Å². The van der Waals surface area contributed by atoms with Crippen LogP contribution in [0, 0.1) is 12.0 Å². The summed E-state index contributed by atoms with van der Waals surface area (Å²) in [6.45, 7) is 4.01. The molecule has 0 spiro atoms. The lowest BCUT2D eigenvalue weighted by atomic mass is 9.98. The number of rotatable bonds is 2. The quantitative estimate of drug-likeness (QED) is 0.820. The maximum atomic E-state index is 11.2. The minimum Gasteiger partial charge on any atom is -0.356 e. The Labute approximate surface area is 102 Å². The molecule has 1 atom stereocenters. The first-order chi connectivity index (χ1) is 8.31. The number of fused-ring (bicyclic) bond motifs is 1. The van der Waals surface area contributed by atoms with Crippen LogP contribution in [0.3, 0.4) is 0 Å². The maximum absolute atomic E-state index is 11.2. The summed E-state index contributed by atoms with van der Waals surface area (Å²) in [4.78, 5) is 13.6. The normalized spacial score (nSPS) is 24.5. The predicted octanol–water partition coefficient (Wildman–Crippen LogP) is 0.981. The highest BCUT2D eigenvalue weighted by Gasteiger charge is 2.25. The molecule has 89 valence electrons. The van der Waals surface area contributed by atoms with E-state index in [0.29, 0.717) is 12.3 Å². The Bertz CT molecular complexity index is 430. The molecule has 1 unspecified atom stereocenters. The number of nitrogens with one attached hydrogen (secondary N) is 1. The van der Waals surface area contributed by atoms with Crippen LogP contribution >= 0.6 is 0 Å².